The number of hydrogen-bond donors (Lipinski definition) is 0. The molecule has 0 aliphatic rings. The van der Waals surface area contributed by atoms with Crippen molar-refractivity contribution in [2.75, 3.05) is 7.11 Å². The van der Waals surface area contributed by atoms with Gasteiger partial charge in [0.05, 0.1) is 18.1 Å². The summed E-state index contributed by atoms with van der Waals surface area (Å²) in [5.41, 5.74) is 0.387. The first-order valence-electron chi connectivity index (χ1n) is 5.50. The number of halogens is 1. The van der Waals surface area contributed by atoms with Crippen LogP contribution in [-0.2, 0) is 0 Å². The molecule has 1 aromatic carbocycles. The van der Waals surface area contributed by atoms with Crippen molar-refractivity contribution in [3.8, 4) is 17.4 Å². The highest BCUT2D eigenvalue weighted by molar-refractivity contribution is 6.28. The fourth-order valence-corrected chi connectivity index (χ4v) is 1.59. The van der Waals surface area contributed by atoms with E-state index in [1.54, 1.807) is 13.0 Å². The number of aryl methyl sites for hydroxylation is 1. The molecule has 2 aromatic rings. The Morgan fingerprint density at radius 2 is 2.15 bits per heavy atom. The largest absolute Gasteiger partial charge is 0.496 e. The van der Waals surface area contributed by atoms with Gasteiger partial charge in [-0.05, 0) is 30.7 Å². The van der Waals surface area contributed by atoms with E-state index in [1.165, 1.54) is 25.4 Å². The van der Waals surface area contributed by atoms with Crippen LogP contribution in [0.25, 0.3) is 0 Å². The lowest BCUT2D eigenvalue weighted by molar-refractivity contribution is -0.385. The van der Waals surface area contributed by atoms with Crippen LogP contribution in [0.1, 0.15) is 5.56 Å². The average Bonchev–Trinajstić information content (AvgIpc) is 2.43. The second-order valence-electron chi connectivity index (χ2n) is 3.82. The zero-order chi connectivity index (χ0) is 14.7. The molecule has 104 valence electrons. The van der Waals surface area contributed by atoms with Crippen LogP contribution in [0.3, 0.4) is 0 Å². The second kappa shape index (κ2) is 5.70. The van der Waals surface area contributed by atoms with Crippen molar-refractivity contribution in [3.05, 3.63) is 45.4 Å². The molecular weight excluding hydrogens is 286 g/mol. The normalized spacial score (nSPS) is 10.2. The molecule has 2 rings (SSSR count). The SMILES string of the molecule is COc1ccc(Oc2nc(Cl)ncc2C)c([N+](=O)[O-])c1. The third kappa shape index (κ3) is 2.94. The van der Waals surface area contributed by atoms with Crippen LogP contribution in [0.4, 0.5) is 5.69 Å². The van der Waals surface area contributed by atoms with Crippen LogP contribution in [0.2, 0.25) is 5.28 Å². The maximum atomic E-state index is 11.0. The van der Waals surface area contributed by atoms with Gasteiger partial charge in [0.25, 0.3) is 0 Å². The lowest BCUT2D eigenvalue weighted by Gasteiger charge is -2.08. The van der Waals surface area contributed by atoms with E-state index in [0.29, 0.717) is 11.3 Å². The number of hydrogen-bond acceptors (Lipinski definition) is 6. The Kier molecular flexibility index (Phi) is 3.99. The Balaban J connectivity index is 2.42. The molecule has 1 aromatic heterocycles. The minimum Gasteiger partial charge on any atom is -0.496 e. The van der Waals surface area contributed by atoms with Gasteiger partial charge in [-0.1, -0.05) is 0 Å². The number of rotatable bonds is 4. The molecule has 0 spiro atoms. The molecule has 0 saturated heterocycles. The quantitative estimate of drug-likeness (QED) is 0.489. The lowest BCUT2D eigenvalue weighted by atomic mass is 10.2. The maximum Gasteiger partial charge on any atom is 0.315 e. The molecule has 0 radical (unpaired) electrons. The molecular formula is C12H10ClN3O4. The summed E-state index contributed by atoms with van der Waals surface area (Å²) in [7, 11) is 1.42. The average molecular weight is 296 g/mol. The lowest BCUT2D eigenvalue weighted by Crippen LogP contribution is -1.98. The zero-order valence-corrected chi connectivity index (χ0v) is 11.4. The van der Waals surface area contributed by atoms with Gasteiger partial charge < -0.3 is 9.47 Å². The van der Waals surface area contributed by atoms with E-state index in [-0.39, 0.29) is 22.6 Å². The molecule has 0 saturated carbocycles. The smallest absolute Gasteiger partial charge is 0.315 e. The van der Waals surface area contributed by atoms with Crippen molar-refractivity contribution in [1.82, 2.24) is 9.97 Å². The van der Waals surface area contributed by atoms with E-state index >= 15 is 0 Å². The fourth-order valence-electron chi connectivity index (χ4n) is 1.47. The summed E-state index contributed by atoms with van der Waals surface area (Å²) in [4.78, 5) is 18.2. The summed E-state index contributed by atoms with van der Waals surface area (Å²) >= 11 is 5.68. The third-order valence-corrected chi connectivity index (χ3v) is 2.65. The fraction of sp³-hybridized carbons (Fsp3) is 0.167. The first-order valence-corrected chi connectivity index (χ1v) is 5.88. The number of nitrogens with zero attached hydrogens (tertiary/aromatic N) is 3. The second-order valence-corrected chi connectivity index (χ2v) is 4.16. The molecule has 0 aliphatic carbocycles. The molecule has 8 heteroatoms. The molecule has 0 aliphatic heterocycles. The van der Waals surface area contributed by atoms with Crippen LogP contribution in [0, 0.1) is 17.0 Å². The Bertz CT molecular complexity index is 663. The molecule has 20 heavy (non-hydrogen) atoms. The first-order chi connectivity index (χ1) is 9.51. The number of ether oxygens (including phenoxy) is 2. The van der Waals surface area contributed by atoms with Gasteiger partial charge in [0, 0.05) is 11.8 Å². The van der Waals surface area contributed by atoms with Crippen molar-refractivity contribution in [2.24, 2.45) is 0 Å². The molecule has 0 amide bonds. The van der Waals surface area contributed by atoms with Gasteiger partial charge in [-0.25, -0.2) is 4.98 Å². The minimum atomic E-state index is -0.560. The highest BCUT2D eigenvalue weighted by atomic mass is 35.5. The molecule has 1 heterocycles. The van der Waals surface area contributed by atoms with Crippen molar-refractivity contribution in [1.29, 1.82) is 0 Å². The summed E-state index contributed by atoms with van der Waals surface area (Å²) in [6.45, 7) is 1.71. The van der Waals surface area contributed by atoms with E-state index < -0.39 is 4.92 Å². The Morgan fingerprint density at radius 3 is 2.80 bits per heavy atom. The third-order valence-electron chi connectivity index (χ3n) is 2.47. The standard InChI is InChI=1S/C12H10ClN3O4/c1-7-6-14-12(13)15-11(7)20-10-4-3-8(19-2)5-9(10)16(17)18/h3-6H,1-2H3. The number of methoxy groups -OCH3 is 1. The van der Waals surface area contributed by atoms with Crippen LogP contribution < -0.4 is 9.47 Å². The molecule has 0 atom stereocenters. The number of aromatic nitrogens is 2. The first kappa shape index (κ1) is 14.0. The van der Waals surface area contributed by atoms with Gasteiger partial charge in [0.1, 0.15) is 5.75 Å². The Hall–Kier alpha value is -2.41. The van der Waals surface area contributed by atoms with Gasteiger partial charge in [0.15, 0.2) is 0 Å². The summed E-state index contributed by atoms with van der Waals surface area (Å²) < 4.78 is 10.4. The van der Waals surface area contributed by atoms with Crippen LogP contribution in [0.15, 0.2) is 24.4 Å². The number of nitro groups is 1. The van der Waals surface area contributed by atoms with Gasteiger partial charge in [0.2, 0.25) is 16.9 Å². The van der Waals surface area contributed by atoms with Crippen molar-refractivity contribution < 1.29 is 14.4 Å². The van der Waals surface area contributed by atoms with Gasteiger partial charge in [-0.15, -0.1) is 0 Å². The van der Waals surface area contributed by atoms with E-state index in [9.17, 15) is 10.1 Å². The summed E-state index contributed by atoms with van der Waals surface area (Å²) in [6.07, 6.45) is 1.47. The Labute approximate surface area is 119 Å². The highest BCUT2D eigenvalue weighted by Crippen LogP contribution is 2.34. The maximum absolute atomic E-state index is 11.0. The number of benzene rings is 1. The topological polar surface area (TPSA) is 87.4 Å². The number of nitro benzene ring substituents is 1. The van der Waals surface area contributed by atoms with E-state index in [1.807, 2.05) is 0 Å². The van der Waals surface area contributed by atoms with E-state index in [2.05, 4.69) is 9.97 Å². The summed E-state index contributed by atoms with van der Waals surface area (Å²) in [6, 6.07) is 4.26. The molecule has 0 N–H and O–H groups in total. The van der Waals surface area contributed by atoms with E-state index in [4.69, 9.17) is 21.1 Å². The summed E-state index contributed by atoms with van der Waals surface area (Å²) in [5.74, 6) is 0.577. The van der Waals surface area contributed by atoms with Gasteiger partial charge in [-0.2, -0.15) is 4.98 Å². The van der Waals surface area contributed by atoms with E-state index in [0.717, 1.165) is 0 Å². The van der Waals surface area contributed by atoms with Gasteiger partial charge >= 0.3 is 5.69 Å². The van der Waals surface area contributed by atoms with Crippen molar-refractivity contribution in [3.63, 3.8) is 0 Å². The molecule has 7 nitrogen and oxygen atoms in total. The van der Waals surface area contributed by atoms with Crippen molar-refractivity contribution in [2.45, 2.75) is 6.92 Å². The molecule has 0 bridgehead atoms. The highest BCUT2D eigenvalue weighted by Gasteiger charge is 2.18. The van der Waals surface area contributed by atoms with Crippen LogP contribution in [0.5, 0.6) is 17.4 Å². The molecule has 0 unspecified atom stereocenters. The molecule has 0 fully saturated rings. The predicted octanol–water partition coefficient (Wildman–Crippen LogP) is 3.15. The van der Waals surface area contributed by atoms with Crippen LogP contribution >= 0.6 is 11.6 Å². The monoisotopic (exact) mass is 295 g/mol. The van der Waals surface area contributed by atoms with Gasteiger partial charge in [-0.3, -0.25) is 10.1 Å². The predicted molar refractivity (Wildman–Crippen MR) is 71.5 cm³/mol. The van der Waals surface area contributed by atoms with Crippen molar-refractivity contribution >= 4 is 17.3 Å². The zero-order valence-electron chi connectivity index (χ0n) is 10.7. The minimum absolute atomic E-state index is 0.00163. The summed E-state index contributed by atoms with van der Waals surface area (Å²) in [5, 5.41) is 11.0. The van der Waals surface area contributed by atoms with Crippen LogP contribution in [-0.4, -0.2) is 22.0 Å². The Morgan fingerprint density at radius 1 is 1.40 bits per heavy atom.